The van der Waals surface area contributed by atoms with Gasteiger partial charge in [0.15, 0.2) is 0 Å². The number of hydrogen-bond donors (Lipinski definition) is 0. The van der Waals surface area contributed by atoms with Crippen molar-refractivity contribution in [3.63, 3.8) is 0 Å². The normalized spacial score (nSPS) is 10.3. The second-order valence-corrected chi connectivity index (χ2v) is 4.32. The average Bonchev–Trinajstić information content (AvgIpc) is 1.88. The molecule has 0 amide bonds. The van der Waals surface area contributed by atoms with E-state index in [4.69, 9.17) is 10.7 Å². The highest BCUT2D eigenvalue weighted by Gasteiger charge is 2.06. The third kappa shape index (κ3) is 3.10. The van der Waals surface area contributed by atoms with Gasteiger partial charge in [-0.05, 0) is 12.1 Å². The van der Waals surface area contributed by atoms with Crippen LogP contribution in [0.15, 0.2) is 35.2 Å². The lowest BCUT2D eigenvalue weighted by atomic mass is 10.4. The van der Waals surface area contributed by atoms with Gasteiger partial charge in [-0.1, -0.05) is 18.2 Å². The molecule has 0 heterocycles. The first-order valence-electron chi connectivity index (χ1n) is 2.60. The highest BCUT2D eigenvalue weighted by atomic mass is 35.7. The second kappa shape index (κ2) is 3.95. The summed E-state index contributed by atoms with van der Waals surface area (Å²) in [7, 11) is 1.50. The Labute approximate surface area is 76.0 Å². The Morgan fingerprint density at radius 3 is 1.82 bits per heavy atom. The summed E-state index contributed by atoms with van der Waals surface area (Å²) in [6.45, 7) is 0. The first-order chi connectivity index (χ1) is 4.61. The predicted octanol–water partition coefficient (Wildman–Crippen LogP) is 2.04. The van der Waals surface area contributed by atoms with Crippen LogP contribution in [0.4, 0.5) is 0 Å². The largest absolute Gasteiger partial charge is 0.261 e. The van der Waals surface area contributed by atoms with E-state index in [0.29, 0.717) is 0 Å². The molecule has 11 heavy (non-hydrogen) atoms. The molecule has 0 unspecified atom stereocenters. The van der Waals surface area contributed by atoms with Gasteiger partial charge in [0.05, 0.1) is 4.90 Å². The molecule has 62 valence electrons. The zero-order valence-corrected chi connectivity index (χ0v) is 7.79. The minimum absolute atomic E-state index is 0. The Morgan fingerprint density at radius 1 is 1.09 bits per heavy atom. The molecule has 0 saturated carbocycles. The molecule has 0 fully saturated rings. The van der Waals surface area contributed by atoms with Gasteiger partial charge in [-0.2, -0.15) is 0 Å². The van der Waals surface area contributed by atoms with Crippen LogP contribution in [0.3, 0.4) is 0 Å². The Bertz CT molecular complexity index is 307. The van der Waals surface area contributed by atoms with Crippen LogP contribution in [0.25, 0.3) is 0 Å². The van der Waals surface area contributed by atoms with E-state index in [1.807, 2.05) is 0 Å². The summed E-state index contributed by atoms with van der Waals surface area (Å²) in [5, 5.41) is 0. The highest BCUT2D eigenvalue weighted by molar-refractivity contribution is 8.13. The van der Waals surface area contributed by atoms with E-state index in [9.17, 15) is 8.42 Å². The van der Waals surface area contributed by atoms with Crippen LogP contribution in [-0.2, 0) is 9.05 Å². The molecule has 0 aromatic heterocycles. The van der Waals surface area contributed by atoms with E-state index >= 15 is 0 Å². The van der Waals surface area contributed by atoms with Crippen molar-refractivity contribution >= 4 is 32.1 Å². The van der Waals surface area contributed by atoms with E-state index in [0.717, 1.165) is 0 Å². The van der Waals surface area contributed by atoms with Gasteiger partial charge in [0.2, 0.25) is 0 Å². The van der Waals surface area contributed by atoms with Gasteiger partial charge in [0, 0.05) is 10.7 Å². The summed E-state index contributed by atoms with van der Waals surface area (Å²) in [4.78, 5) is 0.136. The number of hydrogen-bond acceptors (Lipinski definition) is 2. The van der Waals surface area contributed by atoms with Crippen LogP contribution in [0.5, 0.6) is 0 Å². The Balaban J connectivity index is 0.000001000. The maximum Gasteiger partial charge on any atom is 0.261 e. The maximum absolute atomic E-state index is 10.6. The van der Waals surface area contributed by atoms with Crippen molar-refractivity contribution in [3.05, 3.63) is 30.3 Å². The summed E-state index contributed by atoms with van der Waals surface area (Å²) < 4.78 is 21.2. The smallest absolute Gasteiger partial charge is 0.207 e. The number of benzene rings is 1. The molecule has 0 radical (unpaired) electrons. The molecule has 1 aromatic rings. The molecule has 0 N–H and O–H groups in total. The van der Waals surface area contributed by atoms with Crippen LogP contribution in [0.1, 0.15) is 0 Å². The topological polar surface area (TPSA) is 34.1 Å². The van der Waals surface area contributed by atoms with Gasteiger partial charge < -0.3 is 0 Å². The lowest BCUT2D eigenvalue weighted by molar-refractivity contribution is 0.609. The van der Waals surface area contributed by atoms with Gasteiger partial charge in [-0.25, -0.2) is 8.42 Å². The van der Waals surface area contributed by atoms with Crippen molar-refractivity contribution in [2.75, 3.05) is 0 Å². The number of rotatable bonds is 1. The molecular weight excluding hydrogens is 207 g/mol. The minimum Gasteiger partial charge on any atom is -0.207 e. The average molecular weight is 213 g/mol. The SMILES string of the molecule is Cl.O=S(=O)(Cl)c1ccccc1. The molecule has 0 aliphatic carbocycles. The van der Waals surface area contributed by atoms with Crippen molar-refractivity contribution in [2.24, 2.45) is 0 Å². The predicted molar refractivity (Wildman–Crippen MR) is 46.7 cm³/mol. The summed E-state index contributed by atoms with van der Waals surface area (Å²) in [5.74, 6) is 0. The summed E-state index contributed by atoms with van der Waals surface area (Å²) in [6.07, 6.45) is 0. The monoisotopic (exact) mass is 212 g/mol. The lowest BCUT2D eigenvalue weighted by Crippen LogP contribution is -1.87. The maximum atomic E-state index is 10.6. The van der Waals surface area contributed by atoms with Gasteiger partial charge in [-0.3, -0.25) is 0 Å². The fraction of sp³-hybridized carbons (Fsp3) is 0. The Kier molecular flexibility index (Phi) is 3.86. The first-order valence-corrected chi connectivity index (χ1v) is 4.91. The van der Waals surface area contributed by atoms with E-state index in [-0.39, 0.29) is 17.3 Å². The zero-order valence-electron chi connectivity index (χ0n) is 5.40. The molecular formula is C6H6Cl2O2S. The molecule has 0 bridgehead atoms. The van der Waals surface area contributed by atoms with Crippen LogP contribution in [0.2, 0.25) is 0 Å². The number of halogens is 2. The van der Waals surface area contributed by atoms with Gasteiger partial charge in [0.25, 0.3) is 9.05 Å². The van der Waals surface area contributed by atoms with E-state index in [1.54, 1.807) is 18.2 Å². The van der Waals surface area contributed by atoms with E-state index < -0.39 is 9.05 Å². The third-order valence-electron chi connectivity index (χ3n) is 1.02. The standard InChI is InChI=1S/C6H5ClO2S.ClH/c7-10(8,9)6-4-2-1-3-5-6;/h1-5H;1H. The van der Waals surface area contributed by atoms with Crippen LogP contribution in [-0.4, -0.2) is 8.42 Å². The summed E-state index contributed by atoms with van der Waals surface area (Å²) >= 11 is 0. The Morgan fingerprint density at radius 2 is 1.55 bits per heavy atom. The second-order valence-electron chi connectivity index (χ2n) is 1.75. The summed E-state index contributed by atoms with van der Waals surface area (Å²) in [6, 6.07) is 7.86. The van der Waals surface area contributed by atoms with Gasteiger partial charge in [0.1, 0.15) is 0 Å². The van der Waals surface area contributed by atoms with Crippen LogP contribution < -0.4 is 0 Å². The fourth-order valence-corrected chi connectivity index (χ4v) is 1.37. The lowest BCUT2D eigenvalue weighted by Gasteiger charge is -1.91. The molecule has 0 aliphatic rings. The minimum atomic E-state index is -3.53. The van der Waals surface area contributed by atoms with E-state index in [2.05, 4.69) is 0 Å². The molecule has 0 spiro atoms. The van der Waals surface area contributed by atoms with Crippen molar-refractivity contribution in [3.8, 4) is 0 Å². The molecule has 1 rings (SSSR count). The Hall–Kier alpha value is -0.250. The van der Waals surface area contributed by atoms with E-state index in [1.165, 1.54) is 12.1 Å². The molecule has 1 aromatic carbocycles. The molecule has 2 nitrogen and oxygen atoms in total. The molecule has 0 atom stereocenters. The highest BCUT2D eigenvalue weighted by Crippen LogP contribution is 2.12. The van der Waals surface area contributed by atoms with Crippen LogP contribution in [0, 0.1) is 0 Å². The van der Waals surface area contributed by atoms with Crippen molar-refractivity contribution < 1.29 is 8.42 Å². The quantitative estimate of drug-likeness (QED) is 0.669. The molecule has 5 heteroatoms. The third-order valence-corrected chi connectivity index (χ3v) is 2.39. The molecule has 0 saturated heterocycles. The van der Waals surface area contributed by atoms with Crippen molar-refractivity contribution in [1.82, 2.24) is 0 Å². The first kappa shape index (κ1) is 10.8. The van der Waals surface area contributed by atoms with Crippen molar-refractivity contribution in [1.29, 1.82) is 0 Å². The van der Waals surface area contributed by atoms with Crippen LogP contribution >= 0.6 is 23.1 Å². The summed E-state index contributed by atoms with van der Waals surface area (Å²) in [5.41, 5.74) is 0. The molecule has 0 aliphatic heterocycles. The zero-order chi connectivity index (χ0) is 7.61. The van der Waals surface area contributed by atoms with Gasteiger partial charge in [-0.15, -0.1) is 12.4 Å². The van der Waals surface area contributed by atoms with Gasteiger partial charge >= 0.3 is 0 Å². The van der Waals surface area contributed by atoms with Crippen molar-refractivity contribution in [2.45, 2.75) is 4.90 Å². The fourth-order valence-electron chi connectivity index (χ4n) is 0.583.